The predicted molar refractivity (Wildman–Crippen MR) is 115 cm³/mol. The van der Waals surface area contributed by atoms with Crippen LogP contribution < -0.4 is 5.32 Å². The molecule has 152 valence electrons. The lowest BCUT2D eigenvalue weighted by Crippen LogP contribution is -2.14. The van der Waals surface area contributed by atoms with Crippen LogP contribution in [0.5, 0.6) is 0 Å². The zero-order valence-corrected chi connectivity index (χ0v) is 16.7. The number of carbonyl (C=O) groups is 1. The van der Waals surface area contributed by atoms with Crippen LogP contribution in [0.2, 0.25) is 0 Å². The Hall–Kier alpha value is -4.33. The Bertz CT molecular complexity index is 1360. The van der Waals surface area contributed by atoms with Crippen molar-refractivity contribution in [3.05, 3.63) is 90.4 Å². The predicted octanol–water partition coefficient (Wildman–Crippen LogP) is 4.09. The Balaban J connectivity index is 1.62. The summed E-state index contributed by atoms with van der Waals surface area (Å²) in [5, 5.41) is 7.97. The highest BCUT2D eigenvalue weighted by atomic mass is 16.3. The Kier molecular flexibility index (Phi) is 4.72. The minimum atomic E-state index is -0.284. The fraction of sp³-hybridized carbons (Fsp3) is 0.0870. The lowest BCUT2D eigenvalue weighted by molar-refractivity contribution is 0.102. The molecule has 0 unspecified atom stereocenters. The van der Waals surface area contributed by atoms with Crippen LogP contribution in [0.1, 0.15) is 21.7 Å². The summed E-state index contributed by atoms with van der Waals surface area (Å²) in [6.45, 7) is 2.35. The third kappa shape index (κ3) is 3.78. The van der Waals surface area contributed by atoms with E-state index in [2.05, 4.69) is 20.4 Å². The summed E-state index contributed by atoms with van der Waals surface area (Å²) in [5.74, 6) is 0.947. The van der Waals surface area contributed by atoms with E-state index in [4.69, 9.17) is 9.40 Å². The van der Waals surface area contributed by atoms with Crippen LogP contribution in [0.3, 0.4) is 0 Å². The number of nitrogens with zero attached hydrogens (tertiary/aromatic N) is 5. The average Bonchev–Trinajstić information content (AvgIpc) is 3.44. The van der Waals surface area contributed by atoms with Gasteiger partial charge in [-0.1, -0.05) is 0 Å². The van der Waals surface area contributed by atoms with Gasteiger partial charge < -0.3 is 9.73 Å². The molecule has 0 fully saturated rings. The molecule has 8 heteroatoms. The maximum atomic E-state index is 13.2. The van der Waals surface area contributed by atoms with E-state index in [1.807, 2.05) is 43.3 Å². The fourth-order valence-electron chi connectivity index (χ4n) is 3.35. The highest BCUT2D eigenvalue weighted by Gasteiger charge is 2.18. The summed E-state index contributed by atoms with van der Waals surface area (Å²) < 4.78 is 7.17. The maximum absolute atomic E-state index is 13.2. The number of amides is 1. The van der Waals surface area contributed by atoms with Crippen molar-refractivity contribution in [2.24, 2.45) is 0 Å². The molecule has 5 rings (SSSR count). The first kappa shape index (κ1) is 18.7. The van der Waals surface area contributed by atoms with E-state index in [0.29, 0.717) is 34.7 Å². The van der Waals surface area contributed by atoms with Crippen LogP contribution in [-0.4, -0.2) is 30.6 Å². The van der Waals surface area contributed by atoms with Gasteiger partial charge in [0.1, 0.15) is 18.1 Å². The largest absolute Gasteiger partial charge is 0.467 e. The van der Waals surface area contributed by atoms with Gasteiger partial charge in [0.2, 0.25) is 0 Å². The summed E-state index contributed by atoms with van der Waals surface area (Å²) >= 11 is 0. The number of furan rings is 1. The van der Waals surface area contributed by atoms with E-state index in [0.717, 1.165) is 16.9 Å². The summed E-state index contributed by atoms with van der Waals surface area (Å²) in [6, 6.07) is 12.9. The van der Waals surface area contributed by atoms with Crippen LogP contribution >= 0.6 is 0 Å². The first-order valence-electron chi connectivity index (χ1n) is 9.71. The number of hydrogen-bond acceptors (Lipinski definition) is 6. The molecule has 0 radical (unpaired) electrons. The molecule has 0 saturated heterocycles. The molecular weight excluding hydrogens is 392 g/mol. The van der Waals surface area contributed by atoms with Crippen LogP contribution in [-0.2, 0) is 6.54 Å². The standard InChI is InChI=1S/C23H18N6O2/c1-15-6-8-25-21(10-15)28-23(30)18-11-20(16-4-2-7-24-12-16)27-22-19(18)13-26-29(22)14-17-5-3-9-31-17/h2-13H,14H2,1H3,(H,25,28,30). The first-order chi connectivity index (χ1) is 15.2. The molecule has 5 aromatic rings. The molecule has 0 atom stereocenters. The van der Waals surface area contributed by atoms with Crippen LogP contribution in [0.4, 0.5) is 5.82 Å². The number of aryl methyl sites for hydroxylation is 1. The third-order valence-electron chi connectivity index (χ3n) is 4.85. The van der Waals surface area contributed by atoms with Crippen molar-refractivity contribution in [3.63, 3.8) is 0 Å². The van der Waals surface area contributed by atoms with Gasteiger partial charge in [-0.25, -0.2) is 14.6 Å². The number of pyridine rings is 3. The Labute approximate surface area is 177 Å². The molecule has 0 saturated carbocycles. The van der Waals surface area contributed by atoms with Gasteiger partial charge in [-0.2, -0.15) is 5.10 Å². The number of carbonyl (C=O) groups excluding carboxylic acids is 1. The summed E-state index contributed by atoms with van der Waals surface area (Å²) in [7, 11) is 0. The second-order valence-corrected chi connectivity index (χ2v) is 7.09. The number of nitrogens with one attached hydrogen (secondary N) is 1. The van der Waals surface area contributed by atoms with Gasteiger partial charge in [0.25, 0.3) is 5.91 Å². The molecule has 5 heterocycles. The zero-order chi connectivity index (χ0) is 21.2. The van der Waals surface area contributed by atoms with E-state index in [1.165, 1.54) is 0 Å². The molecule has 0 spiro atoms. The van der Waals surface area contributed by atoms with Crippen LogP contribution in [0.25, 0.3) is 22.3 Å². The van der Waals surface area contributed by atoms with Crippen molar-refractivity contribution in [3.8, 4) is 11.3 Å². The van der Waals surface area contributed by atoms with Crippen LogP contribution in [0, 0.1) is 6.92 Å². The normalized spacial score (nSPS) is 11.0. The lowest BCUT2D eigenvalue weighted by atomic mass is 10.1. The summed E-state index contributed by atoms with van der Waals surface area (Å²) in [4.78, 5) is 26.4. The molecule has 0 aliphatic heterocycles. The monoisotopic (exact) mass is 410 g/mol. The molecule has 8 nitrogen and oxygen atoms in total. The summed E-state index contributed by atoms with van der Waals surface area (Å²) in [6.07, 6.45) is 8.33. The van der Waals surface area contributed by atoms with Crippen molar-refractivity contribution < 1.29 is 9.21 Å². The third-order valence-corrected chi connectivity index (χ3v) is 4.85. The Morgan fingerprint density at radius 1 is 1.13 bits per heavy atom. The zero-order valence-electron chi connectivity index (χ0n) is 16.7. The van der Waals surface area contributed by atoms with Crippen molar-refractivity contribution in [2.45, 2.75) is 13.5 Å². The van der Waals surface area contributed by atoms with E-state index < -0.39 is 0 Å². The molecule has 0 bridgehead atoms. The fourth-order valence-corrected chi connectivity index (χ4v) is 3.35. The smallest absolute Gasteiger partial charge is 0.257 e. The molecule has 0 aliphatic carbocycles. The number of rotatable bonds is 5. The lowest BCUT2D eigenvalue weighted by Gasteiger charge is -2.09. The van der Waals surface area contributed by atoms with Gasteiger partial charge in [-0.15, -0.1) is 0 Å². The second-order valence-electron chi connectivity index (χ2n) is 7.09. The van der Waals surface area contributed by atoms with Crippen molar-refractivity contribution in [1.29, 1.82) is 0 Å². The van der Waals surface area contributed by atoms with E-state index in [9.17, 15) is 4.79 Å². The van der Waals surface area contributed by atoms with Gasteiger partial charge in [0, 0.05) is 24.2 Å². The highest BCUT2D eigenvalue weighted by molar-refractivity contribution is 6.12. The number of anilines is 1. The average molecular weight is 410 g/mol. The van der Waals surface area contributed by atoms with Gasteiger partial charge in [-0.3, -0.25) is 9.78 Å². The SMILES string of the molecule is Cc1ccnc(NC(=O)c2cc(-c3cccnc3)nc3c2cnn3Cc2ccco2)c1. The van der Waals surface area contributed by atoms with Crippen molar-refractivity contribution >= 4 is 22.8 Å². The number of fused-ring (bicyclic) bond motifs is 1. The Morgan fingerprint density at radius 2 is 2.06 bits per heavy atom. The number of hydrogen-bond donors (Lipinski definition) is 1. The van der Waals surface area contributed by atoms with Crippen molar-refractivity contribution in [1.82, 2.24) is 24.7 Å². The minimum Gasteiger partial charge on any atom is -0.467 e. The summed E-state index contributed by atoms with van der Waals surface area (Å²) in [5.41, 5.74) is 3.48. The van der Waals surface area contributed by atoms with Crippen molar-refractivity contribution in [2.75, 3.05) is 5.32 Å². The minimum absolute atomic E-state index is 0.284. The first-order valence-corrected chi connectivity index (χ1v) is 9.71. The van der Waals surface area contributed by atoms with E-state index in [1.54, 1.807) is 41.8 Å². The molecule has 31 heavy (non-hydrogen) atoms. The second kappa shape index (κ2) is 7.83. The van der Waals surface area contributed by atoms with Gasteiger partial charge >= 0.3 is 0 Å². The Morgan fingerprint density at radius 3 is 2.84 bits per heavy atom. The molecule has 1 N–H and O–H groups in total. The molecule has 0 aliphatic rings. The quantitative estimate of drug-likeness (QED) is 0.469. The van der Waals surface area contributed by atoms with Crippen LogP contribution in [0.15, 0.2) is 77.9 Å². The van der Waals surface area contributed by atoms with Gasteiger partial charge in [0.15, 0.2) is 5.65 Å². The highest BCUT2D eigenvalue weighted by Crippen LogP contribution is 2.26. The molecule has 1 amide bonds. The number of aromatic nitrogens is 5. The van der Waals surface area contributed by atoms with Gasteiger partial charge in [-0.05, 0) is 55.0 Å². The molecule has 0 aromatic carbocycles. The maximum Gasteiger partial charge on any atom is 0.257 e. The topological polar surface area (TPSA) is 98.7 Å². The van der Waals surface area contributed by atoms with E-state index >= 15 is 0 Å². The molecular formula is C23H18N6O2. The molecule has 5 aromatic heterocycles. The van der Waals surface area contributed by atoms with Gasteiger partial charge in [0.05, 0.1) is 29.1 Å². The van der Waals surface area contributed by atoms with E-state index in [-0.39, 0.29) is 5.91 Å².